The van der Waals surface area contributed by atoms with Crippen molar-refractivity contribution in [3.05, 3.63) is 36.5 Å². The fraction of sp³-hybridized carbons (Fsp3) is 0.200. The zero-order valence-electron chi connectivity index (χ0n) is 7.69. The fourth-order valence-corrected chi connectivity index (χ4v) is 0.770. The van der Waals surface area contributed by atoms with Gasteiger partial charge in [-0.05, 0) is 18.9 Å². The highest BCUT2D eigenvalue weighted by Crippen LogP contribution is 2.09. The molecule has 76 valence electrons. The van der Waals surface area contributed by atoms with Crippen molar-refractivity contribution in [2.45, 2.75) is 12.8 Å². The Bertz CT molecular complexity index is 299. The first-order valence-corrected chi connectivity index (χ1v) is 3.96. The molecule has 0 heterocycles. The smallest absolute Gasteiger partial charge is 0.335 e. The summed E-state index contributed by atoms with van der Waals surface area (Å²) in [6.45, 7) is 6.67. The van der Waals surface area contributed by atoms with Crippen molar-refractivity contribution < 1.29 is 19.8 Å². The third kappa shape index (κ3) is 4.25. The Morgan fingerprint density at radius 3 is 2.14 bits per heavy atom. The Morgan fingerprint density at radius 2 is 1.79 bits per heavy atom. The van der Waals surface area contributed by atoms with E-state index in [1.807, 2.05) is 0 Å². The molecule has 14 heavy (non-hydrogen) atoms. The first-order valence-electron chi connectivity index (χ1n) is 3.96. The van der Waals surface area contributed by atoms with Crippen LogP contribution in [0.25, 0.3) is 0 Å². The molecule has 0 atom stereocenters. The molecule has 0 saturated carbocycles. The minimum atomic E-state index is -1.22. The van der Waals surface area contributed by atoms with Crippen LogP contribution in [0.1, 0.15) is 12.8 Å². The summed E-state index contributed by atoms with van der Waals surface area (Å²) in [5, 5.41) is 17.2. The van der Waals surface area contributed by atoms with E-state index in [9.17, 15) is 9.59 Å². The van der Waals surface area contributed by atoms with Gasteiger partial charge in [-0.3, -0.25) is 0 Å². The average Bonchev–Trinajstić information content (AvgIpc) is 2.10. The lowest BCUT2D eigenvalue weighted by atomic mass is 10.1. The second-order valence-electron chi connectivity index (χ2n) is 2.63. The summed E-state index contributed by atoms with van der Waals surface area (Å²) in [6.07, 6.45) is 3.38. The van der Waals surface area contributed by atoms with Crippen LogP contribution in [-0.2, 0) is 9.59 Å². The van der Waals surface area contributed by atoms with Crippen molar-refractivity contribution in [1.82, 2.24) is 0 Å². The molecule has 0 unspecified atom stereocenters. The number of aliphatic carboxylic acids is 2. The van der Waals surface area contributed by atoms with Crippen molar-refractivity contribution in [3.8, 4) is 0 Å². The van der Waals surface area contributed by atoms with Crippen molar-refractivity contribution in [3.63, 3.8) is 0 Å². The van der Waals surface area contributed by atoms with Gasteiger partial charge in [0, 0.05) is 5.57 Å². The number of carbonyl (C=O) groups is 2. The van der Waals surface area contributed by atoms with Gasteiger partial charge in [-0.15, -0.1) is 6.58 Å². The first-order chi connectivity index (χ1) is 6.49. The summed E-state index contributed by atoms with van der Waals surface area (Å²) in [5.41, 5.74) is -0.205. The van der Waals surface area contributed by atoms with Gasteiger partial charge in [0.15, 0.2) is 0 Å². The Morgan fingerprint density at radius 1 is 1.21 bits per heavy atom. The van der Waals surface area contributed by atoms with Crippen LogP contribution >= 0.6 is 0 Å². The van der Waals surface area contributed by atoms with E-state index < -0.39 is 11.9 Å². The van der Waals surface area contributed by atoms with E-state index in [1.165, 1.54) is 0 Å². The molecule has 4 heteroatoms. The summed E-state index contributed by atoms with van der Waals surface area (Å²) in [5.74, 6) is -2.35. The lowest BCUT2D eigenvalue weighted by Crippen LogP contribution is -2.04. The Labute approximate surface area is 81.9 Å². The molecule has 0 aliphatic heterocycles. The third-order valence-electron chi connectivity index (χ3n) is 1.52. The molecule has 0 rings (SSSR count). The van der Waals surface area contributed by atoms with E-state index in [0.29, 0.717) is 6.42 Å². The molecule has 0 aliphatic rings. The Kier molecular flexibility index (Phi) is 4.99. The van der Waals surface area contributed by atoms with Crippen molar-refractivity contribution in [2.75, 3.05) is 0 Å². The van der Waals surface area contributed by atoms with Crippen molar-refractivity contribution in [2.24, 2.45) is 0 Å². The highest BCUT2D eigenvalue weighted by molar-refractivity contribution is 5.94. The molecule has 0 saturated heterocycles. The van der Waals surface area contributed by atoms with Crippen LogP contribution < -0.4 is 0 Å². The Balaban J connectivity index is 4.63. The van der Waals surface area contributed by atoms with Crippen LogP contribution in [0.2, 0.25) is 0 Å². The molecule has 0 fully saturated rings. The third-order valence-corrected chi connectivity index (χ3v) is 1.52. The van der Waals surface area contributed by atoms with E-state index >= 15 is 0 Å². The monoisotopic (exact) mass is 196 g/mol. The zero-order valence-corrected chi connectivity index (χ0v) is 7.69. The summed E-state index contributed by atoms with van der Waals surface area (Å²) in [6, 6.07) is 0. The molecule has 0 aliphatic carbocycles. The second kappa shape index (κ2) is 5.75. The highest BCUT2D eigenvalue weighted by atomic mass is 16.4. The number of rotatable bonds is 6. The minimum Gasteiger partial charge on any atom is -0.478 e. The van der Waals surface area contributed by atoms with Crippen molar-refractivity contribution >= 4 is 11.9 Å². The molecule has 0 radical (unpaired) electrons. The first kappa shape index (κ1) is 12.2. The molecule has 0 spiro atoms. The van der Waals surface area contributed by atoms with Gasteiger partial charge >= 0.3 is 11.9 Å². The lowest BCUT2D eigenvalue weighted by molar-refractivity contribution is -0.133. The molecule has 0 amide bonds. The standard InChI is InChI=1S/C10H12O4/c1-3-4-5-8(10(13)14)6-7(2)9(11)12/h3,6H,1-2,4-5H2,(H,11,12)(H,13,14). The van der Waals surface area contributed by atoms with Crippen LogP contribution in [0.15, 0.2) is 36.5 Å². The maximum Gasteiger partial charge on any atom is 0.335 e. The van der Waals surface area contributed by atoms with E-state index in [-0.39, 0.29) is 17.6 Å². The van der Waals surface area contributed by atoms with Crippen LogP contribution in [0.4, 0.5) is 0 Å². The van der Waals surface area contributed by atoms with E-state index in [2.05, 4.69) is 13.2 Å². The number of hydrogen-bond donors (Lipinski definition) is 2. The Hall–Kier alpha value is -1.84. The molecule has 0 aromatic rings. The van der Waals surface area contributed by atoms with Gasteiger partial charge in [0.2, 0.25) is 0 Å². The SMILES string of the molecule is C=CCCC(=CC(=C)C(=O)O)C(=O)O. The van der Waals surface area contributed by atoms with E-state index in [1.54, 1.807) is 6.08 Å². The van der Waals surface area contributed by atoms with Crippen LogP contribution in [-0.4, -0.2) is 22.2 Å². The van der Waals surface area contributed by atoms with Crippen LogP contribution in [0, 0.1) is 0 Å². The van der Waals surface area contributed by atoms with Gasteiger partial charge in [-0.25, -0.2) is 9.59 Å². The molecule has 0 aromatic heterocycles. The summed E-state index contributed by atoms with van der Waals surface area (Å²) in [4.78, 5) is 21.0. The molecule has 4 nitrogen and oxygen atoms in total. The predicted octanol–water partition coefficient (Wildman–Crippen LogP) is 1.60. The quantitative estimate of drug-likeness (QED) is 0.384. The van der Waals surface area contributed by atoms with Gasteiger partial charge in [0.1, 0.15) is 0 Å². The zero-order chi connectivity index (χ0) is 11.1. The van der Waals surface area contributed by atoms with Gasteiger partial charge in [-0.2, -0.15) is 0 Å². The van der Waals surface area contributed by atoms with Gasteiger partial charge in [-0.1, -0.05) is 12.7 Å². The molecule has 0 bridgehead atoms. The lowest BCUT2D eigenvalue weighted by Gasteiger charge is -1.99. The van der Waals surface area contributed by atoms with Crippen molar-refractivity contribution in [1.29, 1.82) is 0 Å². The van der Waals surface area contributed by atoms with Gasteiger partial charge in [0.05, 0.1) is 5.57 Å². The summed E-state index contributed by atoms with van der Waals surface area (Å²) >= 11 is 0. The predicted molar refractivity (Wildman–Crippen MR) is 51.9 cm³/mol. The summed E-state index contributed by atoms with van der Waals surface area (Å²) < 4.78 is 0. The second-order valence-corrected chi connectivity index (χ2v) is 2.63. The van der Waals surface area contributed by atoms with Gasteiger partial charge < -0.3 is 10.2 Å². The van der Waals surface area contributed by atoms with Crippen LogP contribution in [0.3, 0.4) is 0 Å². The average molecular weight is 196 g/mol. The van der Waals surface area contributed by atoms with Crippen LogP contribution in [0.5, 0.6) is 0 Å². The molecular weight excluding hydrogens is 184 g/mol. The molecular formula is C10H12O4. The maximum atomic E-state index is 10.6. The maximum absolute atomic E-state index is 10.6. The highest BCUT2D eigenvalue weighted by Gasteiger charge is 2.09. The number of hydrogen-bond acceptors (Lipinski definition) is 2. The minimum absolute atomic E-state index is 0.0253. The topological polar surface area (TPSA) is 74.6 Å². The van der Waals surface area contributed by atoms with E-state index in [0.717, 1.165) is 6.08 Å². The fourth-order valence-electron chi connectivity index (χ4n) is 0.770. The largest absolute Gasteiger partial charge is 0.478 e. The number of carboxylic acid groups (broad SMARTS) is 2. The normalized spacial score (nSPS) is 10.7. The number of allylic oxidation sites excluding steroid dienone is 1. The molecule has 2 N–H and O–H groups in total. The van der Waals surface area contributed by atoms with E-state index in [4.69, 9.17) is 10.2 Å². The summed E-state index contributed by atoms with van der Waals surface area (Å²) in [7, 11) is 0. The molecule has 0 aromatic carbocycles. The number of carboxylic acids is 2. The van der Waals surface area contributed by atoms with Gasteiger partial charge in [0.25, 0.3) is 0 Å².